The number of carbonyl (C=O) groups is 1. The van der Waals surface area contributed by atoms with E-state index in [2.05, 4.69) is 32.7 Å². The van der Waals surface area contributed by atoms with E-state index >= 15 is 0 Å². The Kier molecular flexibility index (Phi) is 6.62. The first kappa shape index (κ1) is 18.3. The first-order chi connectivity index (χ1) is 11.5. The van der Waals surface area contributed by atoms with Crippen molar-refractivity contribution in [2.75, 3.05) is 6.61 Å². The summed E-state index contributed by atoms with van der Waals surface area (Å²) in [4.78, 5) is 11.3. The van der Waals surface area contributed by atoms with E-state index in [9.17, 15) is 9.90 Å². The maximum atomic E-state index is 11.3. The van der Waals surface area contributed by atoms with Crippen molar-refractivity contribution in [1.29, 1.82) is 0 Å². The maximum Gasteiger partial charge on any atom is 0.281 e. The number of carboxylic acid groups (broad SMARTS) is 1. The number of aryl methyl sites for hydroxylation is 1. The Morgan fingerprint density at radius 1 is 1.50 bits per heavy atom. The first-order valence-electron chi connectivity index (χ1n) is 7.00. The minimum atomic E-state index is -1.32. The molecule has 0 saturated carbocycles. The number of aromatic nitrogens is 2. The van der Waals surface area contributed by atoms with Crippen LogP contribution in [0.3, 0.4) is 0 Å². The molecule has 0 aliphatic carbocycles. The molecule has 1 aromatic heterocycles. The molecule has 8 heteroatoms. The summed E-state index contributed by atoms with van der Waals surface area (Å²) in [5.41, 5.74) is 0.662. The number of ether oxygens (including phenoxy) is 1. The molecule has 0 unspecified atom stereocenters. The molecule has 0 amide bonds. The third-order valence-electron chi connectivity index (χ3n) is 2.76. The molecule has 2 aromatic rings. The van der Waals surface area contributed by atoms with Gasteiger partial charge in [0.2, 0.25) is 5.89 Å². The van der Waals surface area contributed by atoms with Crippen molar-refractivity contribution in [3.05, 3.63) is 51.7 Å². The minimum Gasteiger partial charge on any atom is -0.544 e. The highest BCUT2D eigenvalue weighted by atomic mass is 79.9. The third kappa shape index (κ3) is 4.97. The molecular weight excluding hydrogens is 396 g/mol. The number of hydrogen-bond donors (Lipinski definition) is 0. The molecule has 0 bridgehead atoms. The van der Waals surface area contributed by atoms with Gasteiger partial charge in [0, 0.05) is 11.3 Å². The number of benzene rings is 1. The zero-order valence-electron chi connectivity index (χ0n) is 12.8. The highest BCUT2D eigenvalue weighted by molar-refractivity contribution is 9.10. The van der Waals surface area contributed by atoms with Gasteiger partial charge in [-0.1, -0.05) is 25.6 Å². The lowest BCUT2D eigenvalue weighted by Crippen LogP contribution is -2.23. The number of aliphatic carboxylic acids is 1. The largest absolute Gasteiger partial charge is 0.544 e. The Labute approximate surface area is 151 Å². The Morgan fingerprint density at radius 3 is 2.88 bits per heavy atom. The van der Waals surface area contributed by atoms with Crippen LogP contribution in [-0.2, 0) is 11.2 Å². The predicted octanol–water partition coefficient (Wildman–Crippen LogP) is 2.84. The second-order valence-corrected chi connectivity index (χ2v) is 6.35. The number of halogens is 1. The van der Waals surface area contributed by atoms with Crippen LogP contribution in [0.1, 0.15) is 18.4 Å². The van der Waals surface area contributed by atoms with E-state index in [0.717, 1.165) is 11.8 Å². The summed E-state index contributed by atoms with van der Waals surface area (Å²) in [6, 6.07) is 5.21. The molecule has 1 aromatic carbocycles. The quantitative estimate of drug-likeness (QED) is 0.376. The van der Waals surface area contributed by atoms with Crippen LogP contribution >= 0.6 is 27.7 Å². The summed E-state index contributed by atoms with van der Waals surface area (Å²) in [6.07, 6.45) is 3.69. The van der Waals surface area contributed by atoms with Crippen LogP contribution in [0, 0.1) is 0 Å². The maximum absolute atomic E-state index is 11.3. The van der Waals surface area contributed by atoms with E-state index in [1.807, 2.05) is 6.92 Å². The zero-order valence-corrected chi connectivity index (χ0v) is 15.2. The second kappa shape index (κ2) is 8.70. The number of nitrogens with zero attached hydrogens (tertiary/aromatic N) is 2. The average molecular weight is 410 g/mol. The second-order valence-electron chi connectivity index (χ2n) is 4.50. The highest BCUT2D eigenvalue weighted by Gasteiger charge is 2.10. The van der Waals surface area contributed by atoms with Gasteiger partial charge < -0.3 is 19.1 Å². The number of carboxylic acids is 1. The first-order valence-corrected chi connectivity index (χ1v) is 8.61. The number of rotatable bonds is 8. The molecular formula is C16H14BrN2O4S-. The zero-order chi connectivity index (χ0) is 17.5. The van der Waals surface area contributed by atoms with Crippen LogP contribution in [-0.4, -0.2) is 22.8 Å². The molecule has 0 aliphatic heterocycles. The van der Waals surface area contributed by atoms with Crippen molar-refractivity contribution >= 4 is 39.7 Å². The summed E-state index contributed by atoms with van der Waals surface area (Å²) in [5, 5.41) is 19.1. The molecule has 1 heterocycles. The summed E-state index contributed by atoms with van der Waals surface area (Å²) in [7, 11) is 0. The molecule has 0 atom stereocenters. The van der Waals surface area contributed by atoms with Gasteiger partial charge in [-0.25, -0.2) is 0 Å². The van der Waals surface area contributed by atoms with Crippen LogP contribution in [0.2, 0.25) is 0 Å². The molecule has 0 fully saturated rings. The van der Waals surface area contributed by atoms with Crippen molar-refractivity contribution < 1.29 is 19.1 Å². The molecule has 0 radical (unpaired) electrons. The Bertz CT molecular complexity index is 773. The lowest BCUT2D eigenvalue weighted by Gasteiger charge is -2.08. The fourth-order valence-corrected chi connectivity index (χ4v) is 2.87. The van der Waals surface area contributed by atoms with E-state index in [-0.39, 0.29) is 10.1 Å². The van der Waals surface area contributed by atoms with E-state index < -0.39 is 5.97 Å². The van der Waals surface area contributed by atoms with Gasteiger partial charge in [0.15, 0.2) is 0 Å². The molecule has 126 valence electrons. The van der Waals surface area contributed by atoms with Crippen molar-refractivity contribution in [2.24, 2.45) is 0 Å². The van der Waals surface area contributed by atoms with Gasteiger partial charge in [-0.05, 0) is 51.5 Å². The summed E-state index contributed by atoms with van der Waals surface area (Å²) in [5.74, 6) is -0.236. The molecule has 24 heavy (non-hydrogen) atoms. The number of carbonyl (C=O) groups excluding carboxylic acids is 1. The fourth-order valence-electron chi connectivity index (χ4n) is 1.67. The molecule has 6 nitrogen and oxygen atoms in total. The van der Waals surface area contributed by atoms with Crippen molar-refractivity contribution in [3.63, 3.8) is 0 Å². The minimum absolute atomic E-state index is 0.0343. The third-order valence-corrected chi connectivity index (χ3v) is 4.22. The monoisotopic (exact) mass is 409 g/mol. The summed E-state index contributed by atoms with van der Waals surface area (Å²) < 4.78 is 11.5. The van der Waals surface area contributed by atoms with Gasteiger partial charge in [0.1, 0.15) is 12.4 Å². The van der Waals surface area contributed by atoms with Crippen LogP contribution in [0.5, 0.6) is 5.75 Å². The van der Waals surface area contributed by atoms with Crippen LogP contribution in [0.25, 0.3) is 6.08 Å². The normalized spacial score (nSPS) is 11.3. The van der Waals surface area contributed by atoms with Gasteiger partial charge in [0.05, 0.1) is 10.4 Å². The van der Waals surface area contributed by atoms with Gasteiger partial charge in [-0.3, -0.25) is 0 Å². The number of hydrogen-bond acceptors (Lipinski definition) is 7. The van der Waals surface area contributed by atoms with E-state index in [0.29, 0.717) is 34.7 Å². The SMILES string of the molecule is C=CCOc1ccc(/C=C(\Sc2nnc(CC)o2)C(=O)[O-])cc1Br. The lowest BCUT2D eigenvalue weighted by atomic mass is 10.2. The van der Waals surface area contributed by atoms with Gasteiger partial charge in [-0.2, -0.15) is 0 Å². The van der Waals surface area contributed by atoms with Crippen molar-refractivity contribution in [3.8, 4) is 5.75 Å². The standard InChI is InChI=1S/C16H15BrN2O4S/c1-3-7-22-12-6-5-10(8-11(12)17)9-13(15(20)21)24-16-19-18-14(4-2)23-16/h3,5-6,8-9H,1,4,7H2,2H3,(H,20,21)/p-1/b13-9-. The van der Waals surface area contributed by atoms with Crippen LogP contribution in [0.15, 0.2) is 49.9 Å². The smallest absolute Gasteiger partial charge is 0.281 e. The molecule has 0 N–H and O–H groups in total. The number of thioether (sulfide) groups is 1. The Morgan fingerprint density at radius 2 is 2.29 bits per heavy atom. The Balaban J connectivity index is 2.22. The molecule has 0 saturated heterocycles. The van der Waals surface area contributed by atoms with E-state index in [1.165, 1.54) is 6.08 Å². The van der Waals surface area contributed by atoms with Crippen LogP contribution < -0.4 is 9.84 Å². The van der Waals surface area contributed by atoms with Gasteiger partial charge in [-0.15, -0.1) is 10.2 Å². The molecule has 0 aliphatic rings. The van der Waals surface area contributed by atoms with Crippen molar-refractivity contribution in [1.82, 2.24) is 10.2 Å². The van der Waals surface area contributed by atoms with Crippen LogP contribution in [0.4, 0.5) is 0 Å². The highest BCUT2D eigenvalue weighted by Crippen LogP contribution is 2.30. The summed E-state index contributed by atoms with van der Waals surface area (Å²) in [6.45, 7) is 5.83. The average Bonchev–Trinajstić information content (AvgIpc) is 3.01. The lowest BCUT2D eigenvalue weighted by molar-refractivity contribution is -0.298. The Hall–Kier alpha value is -2.06. The van der Waals surface area contributed by atoms with Gasteiger partial charge in [0.25, 0.3) is 5.22 Å². The summed E-state index contributed by atoms with van der Waals surface area (Å²) >= 11 is 4.24. The molecule has 2 rings (SSSR count). The topological polar surface area (TPSA) is 88.3 Å². The van der Waals surface area contributed by atoms with Crippen molar-refractivity contribution in [2.45, 2.75) is 18.6 Å². The predicted molar refractivity (Wildman–Crippen MR) is 92.4 cm³/mol. The van der Waals surface area contributed by atoms with E-state index in [4.69, 9.17) is 9.15 Å². The van der Waals surface area contributed by atoms with Gasteiger partial charge >= 0.3 is 0 Å². The van der Waals surface area contributed by atoms with E-state index in [1.54, 1.807) is 24.3 Å². The fraction of sp³-hybridized carbons (Fsp3) is 0.188. The molecule has 0 spiro atoms.